The molecule has 0 aliphatic heterocycles. The van der Waals surface area contributed by atoms with E-state index in [4.69, 9.17) is 35.9 Å². The number of rotatable bonds is 6. The van der Waals surface area contributed by atoms with Crippen LogP contribution in [0.3, 0.4) is 0 Å². The van der Waals surface area contributed by atoms with Gasteiger partial charge in [-0.15, -0.1) is 0 Å². The number of anilines is 1. The van der Waals surface area contributed by atoms with Crippen molar-refractivity contribution in [1.82, 2.24) is 9.97 Å². The summed E-state index contributed by atoms with van der Waals surface area (Å²) in [6, 6.07) is 1.52. The predicted octanol–water partition coefficient (Wildman–Crippen LogP) is -3.62. The number of nitrogen functional groups attached to an aromatic ring is 1. The van der Waals surface area contributed by atoms with Gasteiger partial charge in [-0.05, 0) is 6.07 Å². The van der Waals surface area contributed by atoms with Crippen molar-refractivity contribution in [2.75, 3.05) is 12.3 Å². The minimum atomic E-state index is -3.20. The number of aromatic amines is 1. The first kappa shape index (κ1) is 25.8. The van der Waals surface area contributed by atoms with Crippen LogP contribution in [-0.2, 0) is 18.2 Å². The van der Waals surface area contributed by atoms with E-state index in [-0.39, 0.29) is 12.1 Å². The van der Waals surface area contributed by atoms with E-state index in [1.165, 1.54) is 12.3 Å². The van der Waals surface area contributed by atoms with Crippen molar-refractivity contribution in [2.45, 2.75) is 18.3 Å². The minimum absolute atomic E-state index is 0.0869. The molecule has 0 aliphatic carbocycles. The number of aldehydes is 1. The number of aromatic nitrogens is 2. The van der Waals surface area contributed by atoms with E-state index in [0.29, 0.717) is 0 Å². The predicted molar refractivity (Wildman–Crippen MR) is 84.0 cm³/mol. The molecule has 0 fully saturated rings. The van der Waals surface area contributed by atoms with Crippen LogP contribution in [0.25, 0.3) is 0 Å². The van der Waals surface area contributed by atoms with Gasteiger partial charge < -0.3 is 45.7 Å². The quantitative estimate of drug-likeness (QED) is 0.168. The third-order valence-corrected chi connectivity index (χ3v) is 3.33. The number of hydrogen-bond acceptors (Lipinski definition) is 11. The number of aliphatic hydroxyl groups is 4. The minimum Gasteiger partial charge on any atom is -0.394 e. The number of carbonyl (C=O) groups excluding carboxylic acids is 1. The van der Waals surface area contributed by atoms with Crippen LogP contribution in [0.1, 0.15) is 0 Å². The maximum Gasteiger partial charge on any atom is 0.346 e. The first-order valence-electron chi connectivity index (χ1n) is 6.10. The van der Waals surface area contributed by atoms with E-state index in [2.05, 4.69) is 14.3 Å². The molecule has 146 valence electrons. The monoisotopic (exact) mass is 407 g/mol. The Morgan fingerprint density at radius 2 is 1.80 bits per heavy atom. The maximum atomic E-state index is 10.2. The van der Waals surface area contributed by atoms with Crippen LogP contribution >= 0.6 is 16.5 Å². The molecule has 0 spiro atoms. The average Bonchev–Trinajstić information content (AvgIpc) is 2.52. The summed E-state index contributed by atoms with van der Waals surface area (Å²) in [5, 5.41) is 34.1. The molecule has 0 amide bonds. The topological polar surface area (TPSA) is 254 Å². The molecule has 1 rings (SSSR count). The second-order valence-electron chi connectivity index (χ2n) is 3.82. The van der Waals surface area contributed by atoms with Crippen molar-refractivity contribution in [3.63, 3.8) is 0 Å². The van der Waals surface area contributed by atoms with Gasteiger partial charge in [-0.3, -0.25) is 9.13 Å². The van der Waals surface area contributed by atoms with Gasteiger partial charge in [0.2, 0.25) is 0 Å². The number of nitrogens with two attached hydrogens (primary N) is 1. The van der Waals surface area contributed by atoms with Crippen LogP contribution in [0, 0.1) is 0 Å². The van der Waals surface area contributed by atoms with Gasteiger partial charge in [0.1, 0.15) is 24.1 Å². The second-order valence-corrected chi connectivity index (χ2v) is 5.70. The average molecular weight is 407 g/mol. The smallest absolute Gasteiger partial charge is 0.346 e. The highest BCUT2D eigenvalue weighted by atomic mass is 31.2. The van der Waals surface area contributed by atoms with Crippen molar-refractivity contribution in [1.29, 1.82) is 0 Å². The zero-order valence-corrected chi connectivity index (χ0v) is 14.4. The van der Waals surface area contributed by atoms with Gasteiger partial charge in [0.25, 0.3) is 0 Å². The van der Waals surface area contributed by atoms with Crippen LogP contribution < -0.4 is 11.4 Å². The van der Waals surface area contributed by atoms with Crippen molar-refractivity contribution >= 4 is 28.6 Å². The van der Waals surface area contributed by atoms with E-state index < -0.39 is 47.1 Å². The van der Waals surface area contributed by atoms with Crippen molar-refractivity contribution in [2.24, 2.45) is 0 Å². The summed E-state index contributed by atoms with van der Waals surface area (Å²) in [6.07, 6.45) is -3.18. The van der Waals surface area contributed by atoms with E-state index in [1.807, 2.05) is 0 Å². The number of carbonyl (C=O) groups is 1. The summed E-state index contributed by atoms with van der Waals surface area (Å²) in [4.78, 5) is 41.1. The summed E-state index contributed by atoms with van der Waals surface area (Å²) in [7, 11) is -6.40. The van der Waals surface area contributed by atoms with Crippen LogP contribution in [0.5, 0.6) is 0 Å². The SMILES string of the molecule is Nc1cc[nH]c(=O)n1.O=CC(O)C(O)C(O)CO.O=[PH](O)O[PH](=O)O. The molecule has 0 aromatic carbocycles. The molecule has 5 unspecified atom stereocenters. The molecule has 1 aromatic heterocycles. The Morgan fingerprint density at radius 3 is 2.04 bits per heavy atom. The first-order chi connectivity index (χ1) is 11.5. The fraction of sp³-hybridized carbons (Fsp3) is 0.444. The Kier molecular flexibility index (Phi) is 15.3. The lowest BCUT2D eigenvalue weighted by Crippen LogP contribution is -2.40. The standard InChI is InChI=1S/C5H10O5.C4H5N3O.H4O5P2/c6-1-3(8)5(10)4(9)2-7;5-3-1-2-6-4(8)7-3;1-6(2)5-7(3)4/h1,3-5,7-10H,2H2;1-2H,(H3,5,6,7,8);6-7H,(H,1,2)(H,3,4). The molecule has 0 bridgehead atoms. The van der Waals surface area contributed by atoms with Gasteiger partial charge in [0.05, 0.1) is 6.61 Å². The summed E-state index contributed by atoms with van der Waals surface area (Å²) < 4.78 is 22.3. The summed E-state index contributed by atoms with van der Waals surface area (Å²) in [5.41, 5.74) is 4.72. The molecule has 5 atom stereocenters. The van der Waals surface area contributed by atoms with Crippen LogP contribution in [-0.4, -0.2) is 71.4 Å². The number of aliphatic hydroxyl groups excluding tert-OH is 4. The highest BCUT2D eigenvalue weighted by Gasteiger charge is 2.22. The Balaban J connectivity index is 0. The Hall–Kier alpha value is -1.47. The zero-order valence-electron chi connectivity index (χ0n) is 12.4. The third-order valence-electron chi connectivity index (χ3n) is 1.94. The summed E-state index contributed by atoms with van der Waals surface area (Å²) in [6.45, 7) is -0.688. The molecule has 0 aliphatic rings. The number of H-pyrrole nitrogens is 1. The van der Waals surface area contributed by atoms with Gasteiger partial charge >= 0.3 is 22.2 Å². The maximum absolute atomic E-state index is 10.2. The second kappa shape index (κ2) is 14.8. The lowest BCUT2D eigenvalue weighted by Gasteiger charge is -2.16. The van der Waals surface area contributed by atoms with Crippen LogP contribution in [0.2, 0.25) is 0 Å². The third kappa shape index (κ3) is 15.8. The molecular weight excluding hydrogens is 388 g/mol. The zero-order chi connectivity index (χ0) is 20.0. The fourth-order valence-electron chi connectivity index (χ4n) is 0.876. The molecule has 1 aromatic rings. The Labute approximate surface area is 141 Å². The van der Waals surface area contributed by atoms with Gasteiger partial charge in [0, 0.05) is 6.20 Å². The lowest BCUT2D eigenvalue weighted by molar-refractivity contribution is -0.127. The molecular formula is C9H19N3O11P2. The first-order valence-corrected chi connectivity index (χ1v) is 8.63. The summed E-state index contributed by atoms with van der Waals surface area (Å²) in [5.74, 6) is 0.244. The molecule has 1 heterocycles. The van der Waals surface area contributed by atoms with Crippen molar-refractivity contribution in [3.05, 3.63) is 22.7 Å². The number of nitrogens with one attached hydrogen (secondary N) is 1. The van der Waals surface area contributed by atoms with E-state index >= 15 is 0 Å². The molecule has 0 radical (unpaired) electrons. The Morgan fingerprint density at radius 1 is 1.28 bits per heavy atom. The Bertz CT molecular complexity index is 586. The molecule has 0 saturated heterocycles. The van der Waals surface area contributed by atoms with Crippen LogP contribution in [0.15, 0.2) is 17.1 Å². The summed E-state index contributed by atoms with van der Waals surface area (Å²) >= 11 is 0. The van der Waals surface area contributed by atoms with Gasteiger partial charge in [-0.2, -0.15) is 4.98 Å². The van der Waals surface area contributed by atoms with E-state index in [0.717, 1.165) is 0 Å². The fourth-order valence-corrected chi connectivity index (χ4v) is 1.47. The lowest BCUT2D eigenvalue weighted by atomic mass is 10.1. The highest BCUT2D eigenvalue weighted by molar-refractivity contribution is 7.46. The van der Waals surface area contributed by atoms with Gasteiger partial charge in [0.15, 0.2) is 6.29 Å². The van der Waals surface area contributed by atoms with Crippen molar-refractivity contribution < 1.29 is 48.4 Å². The molecule has 16 heteroatoms. The molecule has 25 heavy (non-hydrogen) atoms. The van der Waals surface area contributed by atoms with Gasteiger partial charge in [-0.1, -0.05) is 0 Å². The van der Waals surface area contributed by atoms with Crippen LogP contribution in [0.4, 0.5) is 5.82 Å². The van der Waals surface area contributed by atoms with E-state index in [1.54, 1.807) is 0 Å². The normalized spacial score (nSPS) is 15.9. The van der Waals surface area contributed by atoms with E-state index in [9.17, 15) is 18.7 Å². The number of nitrogens with zero attached hydrogens (tertiary/aromatic N) is 1. The van der Waals surface area contributed by atoms with Crippen molar-refractivity contribution in [3.8, 4) is 0 Å². The number of hydrogen-bond donors (Lipinski definition) is 8. The molecule has 9 N–H and O–H groups in total. The van der Waals surface area contributed by atoms with Gasteiger partial charge in [-0.25, -0.2) is 9.11 Å². The highest BCUT2D eigenvalue weighted by Crippen LogP contribution is 2.30. The molecule has 14 nitrogen and oxygen atoms in total. The largest absolute Gasteiger partial charge is 0.394 e. The molecule has 0 saturated carbocycles.